The topological polar surface area (TPSA) is 92.8 Å². The number of hydrogen-bond donors (Lipinski definition) is 1. The first-order valence-electron chi connectivity index (χ1n) is 8.23. The number of rotatable bonds is 7. The number of carbonyl (C=O) groups excluding carboxylic acids is 2. The Morgan fingerprint density at radius 1 is 1.11 bits per heavy atom. The third-order valence-electron chi connectivity index (χ3n) is 3.80. The number of hydrogen-bond acceptors (Lipinski definition) is 5. The number of amides is 1. The summed E-state index contributed by atoms with van der Waals surface area (Å²) in [5, 5.41) is 2.75. The van der Waals surface area contributed by atoms with Crippen LogP contribution in [0.4, 0.5) is 11.4 Å². The maximum absolute atomic E-state index is 12.2. The van der Waals surface area contributed by atoms with Gasteiger partial charge >= 0.3 is 5.97 Å². The average molecular weight is 390 g/mol. The monoisotopic (exact) mass is 390 g/mol. The summed E-state index contributed by atoms with van der Waals surface area (Å²) in [5.74, 6) is -0.874. The zero-order valence-electron chi connectivity index (χ0n) is 15.4. The molecule has 0 radical (unpaired) electrons. The number of anilines is 2. The first-order chi connectivity index (χ1) is 12.7. The number of ether oxygens (including phenoxy) is 1. The van der Waals surface area contributed by atoms with Crippen LogP contribution in [0.2, 0.25) is 0 Å². The quantitative estimate of drug-likeness (QED) is 0.734. The van der Waals surface area contributed by atoms with Crippen LogP contribution in [0.15, 0.2) is 48.5 Å². The smallest absolute Gasteiger partial charge is 0.337 e. The molecule has 0 bridgehead atoms. The second-order valence-corrected chi connectivity index (χ2v) is 7.95. The molecule has 7 nitrogen and oxygen atoms in total. The third-order valence-corrected chi connectivity index (χ3v) is 4.99. The molecule has 0 unspecified atom stereocenters. The fourth-order valence-corrected chi connectivity index (χ4v) is 3.46. The molecule has 0 saturated carbocycles. The molecule has 0 saturated heterocycles. The molecule has 2 rings (SSSR count). The Kier molecular flexibility index (Phi) is 6.57. The summed E-state index contributed by atoms with van der Waals surface area (Å²) in [5.41, 5.74) is 2.18. The Hall–Kier alpha value is -2.87. The van der Waals surface area contributed by atoms with Crippen molar-refractivity contribution in [1.29, 1.82) is 0 Å². The van der Waals surface area contributed by atoms with Crippen molar-refractivity contribution in [3.63, 3.8) is 0 Å². The maximum Gasteiger partial charge on any atom is 0.337 e. The van der Waals surface area contributed by atoms with Crippen molar-refractivity contribution >= 4 is 33.3 Å². The predicted molar refractivity (Wildman–Crippen MR) is 104 cm³/mol. The Morgan fingerprint density at radius 3 is 2.44 bits per heavy atom. The minimum atomic E-state index is -3.64. The van der Waals surface area contributed by atoms with Crippen molar-refractivity contribution in [3.8, 4) is 0 Å². The van der Waals surface area contributed by atoms with Gasteiger partial charge in [0, 0.05) is 18.7 Å². The summed E-state index contributed by atoms with van der Waals surface area (Å²) in [4.78, 5) is 23.9. The molecular formula is C19H22N2O5S. The summed E-state index contributed by atoms with van der Waals surface area (Å²) in [6.45, 7) is 1.86. The molecule has 2 aromatic carbocycles. The van der Waals surface area contributed by atoms with E-state index in [9.17, 15) is 18.0 Å². The van der Waals surface area contributed by atoms with Crippen LogP contribution < -0.4 is 9.62 Å². The Morgan fingerprint density at radius 2 is 1.81 bits per heavy atom. The van der Waals surface area contributed by atoms with Gasteiger partial charge in [0.15, 0.2) is 0 Å². The van der Waals surface area contributed by atoms with E-state index in [1.54, 1.807) is 18.2 Å². The summed E-state index contributed by atoms with van der Waals surface area (Å²) in [6.07, 6.45) is 1.01. The molecule has 0 spiro atoms. The second-order valence-electron chi connectivity index (χ2n) is 6.04. The van der Waals surface area contributed by atoms with Crippen LogP contribution in [0.1, 0.15) is 22.3 Å². The van der Waals surface area contributed by atoms with Gasteiger partial charge in [-0.25, -0.2) is 13.2 Å². The van der Waals surface area contributed by atoms with Crippen molar-refractivity contribution in [2.45, 2.75) is 13.3 Å². The second kappa shape index (κ2) is 8.68. The van der Waals surface area contributed by atoms with Crippen LogP contribution in [-0.2, 0) is 19.6 Å². The molecule has 2 aromatic rings. The van der Waals surface area contributed by atoms with Crippen LogP contribution in [-0.4, -0.2) is 40.2 Å². The van der Waals surface area contributed by atoms with E-state index in [4.69, 9.17) is 0 Å². The first kappa shape index (κ1) is 20.4. The number of aryl methyl sites for hydroxylation is 1. The van der Waals surface area contributed by atoms with Gasteiger partial charge in [0.1, 0.15) is 0 Å². The van der Waals surface area contributed by atoms with Gasteiger partial charge in [0.05, 0.1) is 24.6 Å². The fraction of sp³-hybridized carbons (Fsp3) is 0.263. The third kappa shape index (κ3) is 5.82. The summed E-state index contributed by atoms with van der Waals surface area (Å²) < 4.78 is 30.1. The van der Waals surface area contributed by atoms with Crippen LogP contribution in [0, 0.1) is 6.92 Å². The van der Waals surface area contributed by atoms with Gasteiger partial charge in [0.25, 0.3) is 0 Å². The van der Waals surface area contributed by atoms with Crippen molar-refractivity contribution in [2.24, 2.45) is 0 Å². The highest BCUT2D eigenvalue weighted by atomic mass is 32.2. The minimum Gasteiger partial charge on any atom is -0.465 e. The van der Waals surface area contributed by atoms with Gasteiger partial charge in [-0.05, 0) is 42.8 Å². The van der Waals surface area contributed by atoms with E-state index < -0.39 is 16.0 Å². The zero-order valence-corrected chi connectivity index (χ0v) is 16.2. The summed E-state index contributed by atoms with van der Waals surface area (Å²) >= 11 is 0. The molecule has 144 valence electrons. The van der Waals surface area contributed by atoms with E-state index in [0.29, 0.717) is 11.4 Å². The van der Waals surface area contributed by atoms with Gasteiger partial charge in [0.2, 0.25) is 15.9 Å². The summed E-state index contributed by atoms with van der Waals surface area (Å²) in [6, 6.07) is 13.4. The number of sulfonamides is 1. The lowest BCUT2D eigenvalue weighted by Crippen LogP contribution is -2.33. The van der Waals surface area contributed by atoms with Gasteiger partial charge in [-0.15, -0.1) is 0 Å². The van der Waals surface area contributed by atoms with Gasteiger partial charge in [-0.2, -0.15) is 0 Å². The van der Waals surface area contributed by atoms with Crippen molar-refractivity contribution in [3.05, 3.63) is 59.7 Å². The predicted octanol–water partition coefficient (Wildman–Crippen LogP) is 2.58. The van der Waals surface area contributed by atoms with Crippen LogP contribution in [0.5, 0.6) is 0 Å². The Labute approximate surface area is 159 Å². The standard InChI is InChI=1S/C19H22N2O5S/c1-14-6-4-8-16(12-14)20-18(22)10-11-21(27(3,24)25)17-9-5-7-15(13-17)19(23)26-2/h4-9,12-13H,10-11H2,1-3H3,(H,20,22). The highest BCUT2D eigenvalue weighted by Gasteiger charge is 2.20. The molecule has 0 aliphatic carbocycles. The van der Waals surface area contributed by atoms with E-state index in [1.807, 2.05) is 25.1 Å². The van der Waals surface area contributed by atoms with Gasteiger partial charge in [-0.1, -0.05) is 18.2 Å². The summed E-state index contributed by atoms with van der Waals surface area (Å²) in [7, 11) is -2.39. The highest BCUT2D eigenvalue weighted by molar-refractivity contribution is 7.92. The van der Waals surface area contributed by atoms with Crippen molar-refractivity contribution in [2.75, 3.05) is 29.5 Å². The molecule has 1 amide bonds. The molecule has 0 heterocycles. The van der Waals surface area contributed by atoms with E-state index in [2.05, 4.69) is 10.1 Å². The lowest BCUT2D eigenvalue weighted by atomic mass is 10.2. The zero-order chi connectivity index (χ0) is 20.0. The Bertz CT molecular complexity index is 941. The molecule has 0 aliphatic rings. The number of nitrogens with one attached hydrogen (secondary N) is 1. The molecule has 0 aliphatic heterocycles. The van der Waals surface area contributed by atoms with E-state index in [1.165, 1.54) is 19.2 Å². The molecule has 0 atom stereocenters. The van der Waals surface area contributed by atoms with Crippen molar-refractivity contribution in [1.82, 2.24) is 0 Å². The lowest BCUT2D eigenvalue weighted by Gasteiger charge is -2.22. The number of esters is 1. The maximum atomic E-state index is 12.2. The van der Waals surface area contributed by atoms with E-state index in [-0.39, 0.29) is 24.4 Å². The van der Waals surface area contributed by atoms with E-state index >= 15 is 0 Å². The number of nitrogens with zero attached hydrogens (tertiary/aromatic N) is 1. The van der Waals surface area contributed by atoms with Crippen LogP contribution in [0.3, 0.4) is 0 Å². The highest BCUT2D eigenvalue weighted by Crippen LogP contribution is 2.20. The van der Waals surface area contributed by atoms with Crippen LogP contribution >= 0.6 is 0 Å². The minimum absolute atomic E-state index is 0.0382. The number of benzene rings is 2. The van der Waals surface area contributed by atoms with Gasteiger partial charge < -0.3 is 10.1 Å². The molecule has 1 N–H and O–H groups in total. The lowest BCUT2D eigenvalue weighted by molar-refractivity contribution is -0.116. The van der Waals surface area contributed by atoms with Crippen molar-refractivity contribution < 1.29 is 22.7 Å². The average Bonchev–Trinajstić information content (AvgIpc) is 2.60. The largest absolute Gasteiger partial charge is 0.465 e. The van der Waals surface area contributed by atoms with E-state index in [0.717, 1.165) is 16.1 Å². The van der Waals surface area contributed by atoms with Gasteiger partial charge in [-0.3, -0.25) is 9.10 Å². The molecule has 0 fully saturated rings. The normalized spacial score (nSPS) is 10.9. The Balaban J connectivity index is 2.14. The van der Waals surface area contributed by atoms with Crippen LogP contribution in [0.25, 0.3) is 0 Å². The molecule has 0 aromatic heterocycles. The number of methoxy groups -OCH3 is 1. The molecule has 27 heavy (non-hydrogen) atoms. The molecular weight excluding hydrogens is 368 g/mol. The first-order valence-corrected chi connectivity index (χ1v) is 10.1. The SMILES string of the molecule is COC(=O)c1cccc(N(CCC(=O)Nc2cccc(C)c2)S(C)(=O)=O)c1. The fourth-order valence-electron chi connectivity index (χ4n) is 2.54. The molecule has 8 heteroatoms. The number of carbonyl (C=O) groups is 2.